The van der Waals surface area contributed by atoms with Gasteiger partial charge in [-0.15, -0.1) is 0 Å². The van der Waals surface area contributed by atoms with Crippen molar-refractivity contribution in [3.8, 4) is 17.3 Å². The summed E-state index contributed by atoms with van der Waals surface area (Å²) in [5.74, 6) is 0.882. The third-order valence-electron chi connectivity index (χ3n) is 8.00. The Morgan fingerprint density at radius 3 is 2.51 bits per heavy atom. The van der Waals surface area contributed by atoms with Crippen LogP contribution >= 0.6 is 0 Å². The molecule has 3 heterocycles. The van der Waals surface area contributed by atoms with Gasteiger partial charge in [-0.05, 0) is 63.1 Å². The number of nitriles is 1. The zero-order valence-corrected chi connectivity index (χ0v) is 22.1. The number of likely N-dealkylation sites (tertiary alicyclic amines) is 1. The molecule has 1 saturated heterocycles. The topological polar surface area (TPSA) is 129 Å². The van der Waals surface area contributed by atoms with Crippen molar-refractivity contribution in [2.24, 2.45) is 11.3 Å². The van der Waals surface area contributed by atoms with Crippen LogP contribution in [0.5, 0.6) is 0 Å². The number of aromatic nitrogens is 4. The normalized spacial score (nSPS) is 18.3. The molecule has 1 aliphatic heterocycles. The summed E-state index contributed by atoms with van der Waals surface area (Å²) in [5.41, 5.74) is 3.56. The molecule has 10 heteroatoms. The van der Waals surface area contributed by atoms with Crippen LogP contribution in [0.2, 0.25) is 0 Å². The Kier molecular flexibility index (Phi) is 6.51. The number of nitrogens with one attached hydrogen (secondary N) is 2. The van der Waals surface area contributed by atoms with E-state index in [2.05, 4.69) is 26.8 Å². The molecule has 0 atom stereocenters. The first kappa shape index (κ1) is 25.0. The van der Waals surface area contributed by atoms with Crippen LogP contribution in [0.4, 0.5) is 11.6 Å². The maximum absolute atomic E-state index is 12.5. The smallest absolute Gasteiger partial charge is 0.251 e. The van der Waals surface area contributed by atoms with Gasteiger partial charge < -0.3 is 15.5 Å². The Morgan fingerprint density at radius 2 is 1.85 bits per heavy atom. The summed E-state index contributed by atoms with van der Waals surface area (Å²) in [5, 5.41) is 19.9. The molecule has 10 nitrogen and oxygen atoms in total. The highest BCUT2D eigenvalue weighted by Crippen LogP contribution is 2.44. The Bertz CT molecular complexity index is 1420. The lowest BCUT2D eigenvalue weighted by Gasteiger charge is -2.32. The van der Waals surface area contributed by atoms with Gasteiger partial charge in [-0.25, -0.2) is 9.97 Å². The minimum atomic E-state index is -0.374. The quantitative estimate of drug-likeness (QED) is 0.456. The molecule has 0 spiro atoms. The average molecular weight is 525 g/mol. The molecule has 6 rings (SSSR count). The van der Waals surface area contributed by atoms with E-state index in [9.17, 15) is 14.9 Å². The first-order chi connectivity index (χ1) is 18.9. The van der Waals surface area contributed by atoms with E-state index in [4.69, 9.17) is 4.98 Å². The number of carbonyl (C=O) groups excluding carboxylic acids is 2. The molecule has 2 saturated carbocycles. The highest BCUT2D eigenvalue weighted by molar-refractivity contribution is 5.94. The van der Waals surface area contributed by atoms with Crippen LogP contribution in [0.1, 0.15) is 60.5 Å². The predicted molar refractivity (Wildman–Crippen MR) is 145 cm³/mol. The Balaban J connectivity index is 1.08. The van der Waals surface area contributed by atoms with Gasteiger partial charge in [0.05, 0.1) is 35.1 Å². The maximum atomic E-state index is 12.5. The first-order valence-electron chi connectivity index (χ1n) is 13.7. The molecule has 1 aromatic carbocycles. The van der Waals surface area contributed by atoms with Gasteiger partial charge in [0.25, 0.3) is 5.91 Å². The van der Waals surface area contributed by atoms with Gasteiger partial charge in [-0.2, -0.15) is 10.4 Å². The van der Waals surface area contributed by atoms with Crippen molar-refractivity contribution in [2.75, 3.05) is 25.0 Å². The molecule has 200 valence electrons. The Hall–Kier alpha value is -4.26. The molecule has 3 aromatic rings. The van der Waals surface area contributed by atoms with Crippen molar-refractivity contribution < 1.29 is 9.59 Å². The number of nitrogens with zero attached hydrogens (tertiary/aromatic N) is 6. The van der Waals surface area contributed by atoms with Crippen molar-refractivity contribution in [2.45, 2.75) is 51.5 Å². The summed E-state index contributed by atoms with van der Waals surface area (Å²) in [6.45, 7) is 3.91. The van der Waals surface area contributed by atoms with E-state index in [-0.39, 0.29) is 23.3 Å². The van der Waals surface area contributed by atoms with Crippen molar-refractivity contribution >= 4 is 23.5 Å². The summed E-state index contributed by atoms with van der Waals surface area (Å²) in [6.07, 6.45) is 11.1. The largest absolute Gasteiger partial charge is 0.350 e. The average Bonchev–Trinajstić information content (AvgIpc) is 3.91. The predicted octanol–water partition coefficient (Wildman–Crippen LogP) is 4.00. The standard InChI is InChI=1S/C29H32N8O2/c1-19-14-31-28(34-23-15-33-37(16-23)24-8-12-36(13-9-24)27(39)22-6-7-22)35-25(19)20-2-4-21(5-3-20)26(38)32-18-29(17-30)10-11-29/h2-5,14-16,22,24H,6-13,18H2,1H3,(H,32,38)(H,31,34,35). The van der Waals surface area contributed by atoms with Gasteiger partial charge >= 0.3 is 0 Å². The second kappa shape index (κ2) is 10.1. The number of rotatable bonds is 8. The minimum Gasteiger partial charge on any atom is -0.350 e. The lowest BCUT2D eigenvalue weighted by Crippen LogP contribution is -2.39. The highest BCUT2D eigenvalue weighted by atomic mass is 16.2. The minimum absolute atomic E-state index is 0.179. The van der Waals surface area contributed by atoms with Gasteiger partial charge in [0, 0.05) is 49.1 Å². The molecular formula is C29H32N8O2. The molecule has 2 amide bonds. The van der Waals surface area contributed by atoms with Crippen LogP contribution < -0.4 is 10.6 Å². The van der Waals surface area contributed by atoms with Gasteiger partial charge in [-0.1, -0.05) is 12.1 Å². The van der Waals surface area contributed by atoms with Crippen molar-refractivity contribution in [1.29, 1.82) is 5.26 Å². The van der Waals surface area contributed by atoms with E-state index < -0.39 is 0 Å². The number of hydrogen-bond acceptors (Lipinski definition) is 7. The van der Waals surface area contributed by atoms with E-state index in [1.54, 1.807) is 24.5 Å². The first-order valence-corrected chi connectivity index (χ1v) is 13.7. The zero-order valence-electron chi connectivity index (χ0n) is 22.1. The number of benzene rings is 1. The third kappa shape index (κ3) is 5.48. The van der Waals surface area contributed by atoms with Gasteiger partial charge in [0.1, 0.15) is 0 Å². The summed E-state index contributed by atoms with van der Waals surface area (Å²) < 4.78 is 1.97. The number of anilines is 2. The molecule has 39 heavy (non-hydrogen) atoms. The Morgan fingerprint density at radius 1 is 1.10 bits per heavy atom. The number of aryl methyl sites for hydroxylation is 1. The fourth-order valence-corrected chi connectivity index (χ4v) is 5.08. The lowest BCUT2D eigenvalue weighted by atomic mass is 10.0. The van der Waals surface area contributed by atoms with Crippen LogP contribution in [-0.4, -0.2) is 56.1 Å². The molecular weight excluding hydrogens is 492 g/mol. The monoisotopic (exact) mass is 524 g/mol. The van der Waals surface area contributed by atoms with Gasteiger partial charge in [0.2, 0.25) is 11.9 Å². The zero-order chi connectivity index (χ0) is 27.0. The second-order valence-corrected chi connectivity index (χ2v) is 11.0. The number of carbonyl (C=O) groups is 2. The summed E-state index contributed by atoms with van der Waals surface area (Å²) in [6, 6.07) is 9.87. The lowest BCUT2D eigenvalue weighted by molar-refractivity contribution is -0.133. The van der Waals surface area contributed by atoms with E-state index >= 15 is 0 Å². The molecule has 0 radical (unpaired) electrons. The van der Waals surface area contributed by atoms with Gasteiger partial charge in [-0.3, -0.25) is 14.3 Å². The fraction of sp³-hybridized carbons (Fsp3) is 0.448. The van der Waals surface area contributed by atoms with E-state index in [1.165, 1.54) is 0 Å². The molecule has 2 aliphatic carbocycles. The molecule has 3 fully saturated rings. The van der Waals surface area contributed by atoms with E-state index in [0.717, 1.165) is 74.1 Å². The van der Waals surface area contributed by atoms with Gasteiger partial charge in [0.15, 0.2) is 0 Å². The number of amides is 2. The summed E-state index contributed by atoms with van der Waals surface area (Å²) in [7, 11) is 0. The van der Waals surface area contributed by atoms with Crippen molar-refractivity contribution in [3.05, 3.63) is 54.0 Å². The fourth-order valence-electron chi connectivity index (χ4n) is 5.08. The molecule has 0 unspecified atom stereocenters. The Labute approximate surface area is 227 Å². The van der Waals surface area contributed by atoms with Crippen LogP contribution in [0.15, 0.2) is 42.9 Å². The maximum Gasteiger partial charge on any atom is 0.251 e. The summed E-state index contributed by atoms with van der Waals surface area (Å²) in [4.78, 5) is 36.0. The van der Waals surface area contributed by atoms with Crippen LogP contribution in [0.3, 0.4) is 0 Å². The molecule has 0 bridgehead atoms. The van der Waals surface area contributed by atoms with E-state index in [0.29, 0.717) is 24.0 Å². The van der Waals surface area contributed by atoms with Crippen molar-refractivity contribution in [3.63, 3.8) is 0 Å². The highest BCUT2D eigenvalue weighted by Gasteiger charge is 2.43. The van der Waals surface area contributed by atoms with Crippen LogP contribution in [0.25, 0.3) is 11.3 Å². The molecule has 2 N–H and O–H groups in total. The van der Waals surface area contributed by atoms with E-state index in [1.807, 2.05) is 34.8 Å². The number of piperidine rings is 1. The van der Waals surface area contributed by atoms with Crippen LogP contribution in [-0.2, 0) is 4.79 Å². The molecule has 3 aliphatic rings. The SMILES string of the molecule is Cc1cnc(Nc2cnn(C3CCN(C(=O)C4CC4)CC3)c2)nc1-c1ccc(C(=O)NCC2(C#N)CC2)cc1. The number of hydrogen-bond donors (Lipinski definition) is 2. The van der Waals surface area contributed by atoms with Crippen LogP contribution in [0, 0.1) is 29.6 Å². The second-order valence-electron chi connectivity index (χ2n) is 11.0. The third-order valence-corrected chi connectivity index (χ3v) is 8.00. The summed E-state index contributed by atoms with van der Waals surface area (Å²) >= 11 is 0. The molecule has 2 aromatic heterocycles. The van der Waals surface area contributed by atoms with Crippen molar-refractivity contribution in [1.82, 2.24) is 30.0 Å².